The maximum atomic E-state index is 13.1. The normalized spacial score (nSPS) is 10.9. The van der Waals surface area contributed by atoms with E-state index in [1.165, 1.54) is 12.3 Å². The lowest BCUT2D eigenvalue weighted by molar-refractivity contribution is -0.140. The first-order valence-electron chi connectivity index (χ1n) is 5.18. The average molecular weight is 283 g/mol. The van der Waals surface area contributed by atoms with Crippen LogP contribution >= 0.6 is 0 Å². The number of nitrogens with zero attached hydrogens (tertiary/aromatic N) is 3. The monoisotopic (exact) mass is 283 g/mol. The highest BCUT2D eigenvalue weighted by Crippen LogP contribution is 2.34. The minimum absolute atomic E-state index is 0.00196. The van der Waals surface area contributed by atoms with Gasteiger partial charge in [-0.15, -0.1) is 5.10 Å². The number of hydrogen-bond acceptors (Lipinski definition) is 4. The van der Waals surface area contributed by atoms with E-state index in [-0.39, 0.29) is 17.2 Å². The Hall–Kier alpha value is -2.69. The first-order valence-corrected chi connectivity index (χ1v) is 5.18. The molecule has 0 atom stereocenters. The van der Waals surface area contributed by atoms with E-state index in [2.05, 4.69) is 10.2 Å². The quantitative estimate of drug-likeness (QED) is 0.793. The molecule has 1 aromatic heterocycles. The molecular formula is C12H5F4N3O. The molecule has 0 spiro atoms. The van der Waals surface area contributed by atoms with Crippen molar-refractivity contribution in [2.24, 2.45) is 0 Å². The second-order valence-corrected chi connectivity index (χ2v) is 3.60. The Kier molecular flexibility index (Phi) is 3.52. The summed E-state index contributed by atoms with van der Waals surface area (Å²) in [5.74, 6) is -1.96. The second kappa shape index (κ2) is 5.13. The van der Waals surface area contributed by atoms with Gasteiger partial charge in [0.25, 0.3) is 5.88 Å². The maximum absolute atomic E-state index is 13.1. The molecule has 0 aliphatic heterocycles. The molecule has 0 aliphatic rings. The summed E-state index contributed by atoms with van der Waals surface area (Å²) in [6, 6.07) is 5.15. The summed E-state index contributed by atoms with van der Waals surface area (Å²) in [6.07, 6.45) is -3.61. The molecule has 0 radical (unpaired) electrons. The summed E-state index contributed by atoms with van der Waals surface area (Å²) in [7, 11) is 0. The van der Waals surface area contributed by atoms with Gasteiger partial charge in [0.2, 0.25) is 0 Å². The van der Waals surface area contributed by atoms with E-state index < -0.39 is 17.6 Å². The number of halogens is 4. The molecule has 20 heavy (non-hydrogen) atoms. The van der Waals surface area contributed by atoms with Gasteiger partial charge in [-0.2, -0.15) is 23.5 Å². The number of ether oxygens (including phenoxy) is 1. The summed E-state index contributed by atoms with van der Waals surface area (Å²) in [6.45, 7) is 0. The van der Waals surface area contributed by atoms with Crippen molar-refractivity contribution in [2.75, 3.05) is 0 Å². The third-order valence-electron chi connectivity index (χ3n) is 2.27. The molecule has 4 nitrogen and oxygen atoms in total. The molecule has 0 N–H and O–H groups in total. The van der Waals surface area contributed by atoms with Crippen molar-refractivity contribution in [3.05, 3.63) is 47.4 Å². The second-order valence-electron chi connectivity index (χ2n) is 3.60. The van der Waals surface area contributed by atoms with Crippen LogP contribution in [0.4, 0.5) is 17.6 Å². The van der Waals surface area contributed by atoms with E-state index in [0.717, 1.165) is 6.07 Å². The zero-order valence-electron chi connectivity index (χ0n) is 9.65. The van der Waals surface area contributed by atoms with Crippen LogP contribution in [-0.4, -0.2) is 10.2 Å². The SMILES string of the molecule is N#Cc1ccnnc1Oc1ccc(F)c(C(F)(F)F)c1. The first kappa shape index (κ1) is 13.7. The third-order valence-corrected chi connectivity index (χ3v) is 2.27. The van der Waals surface area contributed by atoms with E-state index in [0.29, 0.717) is 12.1 Å². The summed E-state index contributed by atoms with van der Waals surface area (Å²) >= 11 is 0. The summed E-state index contributed by atoms with van der Waals surface area (Å²) < 4.78 is 55.7. The molecule has 1 heterocycles. The lowest BCUT2D eigenvalue weighted by Crippen LogP contribution is -2.08. The Labute approximate surface area is 110 Å². The smallest absolute Gasteiger partial charge is 0.419 e. The summed E-state index contributed by atoms with van der Waals surface area (Å²) in [5, 5.41) is 15.7. The van der Waals surface area contributed by atoms with Crippen LogP contribution in [0.15, 0.2) is 30.5 Å². The Morgan fingerprint density at radius 2 is 1.95 bits per heavy atom. The Bertz CT molecular complexity index is 679. The topological polar surface area (TPSA) is 58.8 Å². The molecule has 0 unspecified atom stereocenters. The lowest BCUT2D eigenvalue weighted by atomic mass is 10.2. The van der Waals surface area contributed by atoms with Gasteiger partial charge in [-0.05, 0) is 24.3 Å². The predicted molar refractivity (Wildman–Crippen MR) is 58.2 cm³/mol. The van der Waals surface area contributed by atoms with Gasteiger partial charge in [-0.1, -0.05) is 0 Å². The number of rotatable bonds is 2. The molecule has 0 bridgehead atoms. The number of hydrogen-bond donors (Lipinski definition) is 0. The van der Waals surface area contributed by atoms with Crippen LogP contribution in [0.25, 0.3) is 0 Å². The zero-order valence-corrected chi connectivity index (χ0v) is 9.65. The number of alkyl halides is 3. The highest BCUT2D eigenvalue weighted by Gasteiger charge is 2.34. The van der Waals surface area contributed by atoms with Crippen LogP contribution in [0.3, 0.4) is 0 Å². The van der Waals surface area contributed by atoms with Crippen molar-refractivity contribution in [3.8, 4) is 17.7 Å². The number of benzene rings is 1. The highest BCUT2D eigenvalue weighted by atomic mass is 19.4. The van der Waals surface area contributed by atoms with Crippen molar-refractivity contribution in [1.29, 1.82) is 5.26 Å². The lowest BCUT2D eigenvalue weighted by Gasteiger charge is -2.10. The minimum atomic E-state index is -4.84. The van der Waals surface area contributed by atoms with Crippen LogP contribution in [0.2, 0.25) is 0 Å². The fraction of sp³-hybridized carbons (Fsp3) is 0.0833. The zero-order chi connectivity index (χ0) is 14.8. The molecule has 2 rings (SSSR count). The number of aromatic nitrogens is 2. The predicted octanol–water partition coefficient (Wildman–Crippen LogP) is 3.30. The van der Waals surface area contributed by atoms with Crippen molar-refractivity contribution in [2.45, 2.75) is 6.18 Å². The molecule has 0 saturated carbocycles. The Morgan fingerprint density at radius 3 is 2.60 bits per heavy atom. The van der Waals surface area contributed by atoms with Gasteiger partial charge < -0.3 is 4.74 Å². The van der Waals surface area contributed by atoms with E-state index in [1.54, 1.807) is 6.07 Å². The maximum Gasteiger partial charge on any atom is 0.419 e. The summed E-state index contributed by atoms with van der Waals surface area (Å²) in [4.78, 5) is 0. The van der Waals surface area contributed by atoms with Gasteiger partial charge in [-0.25, -0.2) is 4.39 Å². The Morgan fingerprint density at radius 1 is 1.20 bits per heavy atom. The molecule has 0 fully saturated rings. The molecule has 0 aliphatic carbocycles. The molecule has 0 saturated heterocycles. The van der Waals surface area contributed by atoms with Crippen LogP contribution < -0.4 is 4.74 Å². The fourth-order valence-electron chi connectivity index (χ4n) is 1.38. The molecule has 0 amide bonds. The molecule has 8 heteroatoms. The van der Waals surface area contributed by atoms with E-state index in [1.807, 2.05) is 0 Å². The van der Waals surface area contributed by atoms with Crippen molar-refractivity contribution in [1.82, 2.24) is 10.2 Å². The van der Waals surface area contributed by atoms with Gasteiger partial charge in [0.05, 0.1) is 11.8 Å². The van der Waals surface area contributed by atoms with Crippen LogP contribution in [0.5, 0.6) is 11.6 Å². The molecule has 1 aromatic carbocycles. The van der Waals surface area contributed by atoms with Gasteiger partial charge in [0.15, 0.2) is 0 Å². The molecule has 2 aromatic rings. The molecular weight excluding hydrogens is 278 g/mol. The standard InChI is InChI=1S/C12H5F4N3O/c13-10-2-1-8(5-9(10)12(14,15)16)20-11-7(6-17)3-4-18-19-11/h1-5H. The third kappa shape index (κ3) is 2.83. The van der Waals surface area contributed by atoms with Crippen LogP contribution in [0.1, 0.15) is 11.1 Å². The van der Waals surface area contributed by atoms with Gasteiger partial charge in [0.1, 0.15) is 23.2 Å². The first-order chi connectivity index (χ1) is 9.41. The van der Waals surface area contributed by atoms with Crippen molar-refractivity contribution < 1.29 is 22.3 Å². The van der Waals surface area contributed by atoms with Gasteiger partial charge in [0, 0.05) is 0 Å². The van der Waals surface area contributed by atoms with Crippen LogP contribution in [0, 0.1) is 17.1 Å². The number of nitriles is 1. The largest absolute Gasteiger partial charge is 0.437 e. The van der Waals surface area contributed by atoms with Gasteiger partial charge in [-0.3, -0.25) is 0 Å². The van der Waals surface area contributed by atoms with E-state index in [4.69, 9.17) is 10.00 Å². The molecule has 102 valence electrons. The van der Waals surface area contributed by atoms with E-state index in [9.17, 15) is 17.6 Å². The van der Waals surface area contributed by atoms with Crippen molar-refractivity contribution >= 4 is 0 Å². The van der Waals surface area contributed by atoms with Crippen LogP contribution in [-0.2, 0) is 6.18 Å². The van der Waals surface area contributed by atoms with E-state index >= 15 is 0 Å². The van der Waals surface area contributed by atoms with Gasteiger partial charge >= 0.3 is 6.18 Å². The summed E-state index contributed by atoms with van der Waals surface area (Å²) in [5.41, 5.74) is -1.46. The Balaban J connectivity index is 2.38. The fourth-order valence-corrected chi connectivity index (χ4v) is 1.38. The van der Waals surface area contributed by atoms with Crippen molar-refractivity contribution in [3.63, 3.8) is 0 Å². The highest BCUT2D eigenvalue weighted by molar-refractivity contribution is 5.40. The average Bonchev–Trinajstić information content (AvgIpc) is 2.40. The minimum Gasteiger partial charge on any atom is -0.437 e.